The molecule has 11 heteroatoms. The number of phenolic OH excluding ortho intramolecular Hbond substituents is 1. The van der Waals surface area contributed by atoms with Crippen LogP contribution in [0, 0.1) is 0 Å². The Morgan fingerprint density at radius 1 is 0.800 bits per heavy atom. The van der Waals surface area contributed by atoms with E-state index in [1.54, 1.807) is 35.4 Å². The van der Waals surface area contributed by atoms with E-state index in [9.17, 15) is 24.3 Å². The number of pyridine rings is 1. The molecule has 0 unspecified atom stereocenters. The van der Waals surface area contributed by atoms with Crippen molar-refractivity contribution in [2.24, 2.45) is 0 Å². The summed E-state index contributed by atoms with van der Waals surface area (Å²) >= 11 is 0. The second kappa shape index (κ2) is 19.2. The summed E-state index contributed by atoms with van der Waals surface area (Å²) in [5.41, 5.74) is 3.32. The van der Waals surface area contributed by atoms with Gasteiger partial charge in [0, 0.05) is 37.5 Å². The minimum atomic E-state index is -1.12. The van der Waals surface area contributed by atoms with Crippen LogP contribution in [0.4, 0.5) is 4.79 Å². The quantitative estimate of drug-likeness (QED) is 0.0820. The summed E-state index contributed by atoms with van der Waals surface area (Å²) in [5, 5.41) is 13.8. The number of fused-ring (bicyclic) bond motifs is 2. The second-order valence-electron chi connectivity index (χ2n) is 14.6. The SMILES string of the molecule is CCCCCCCCCCCC(=O)OC[C@H]1C(=O)N2[C@H](CN(Cc3cccc4ncccc34)C(=O)[C@@H]2Cc2ccc(O)cc2)N1C(=O)NCc1ccccc1. The third kappa shape index (κ3) is 10.0. The van der Waals surface area contributed by atoms with E-state index in [-0.39, 0.29) is 50.7 Å². The maximum Gasteiger partial charge on any atom is 0.320 e. The normalized spacial score (nSPS) is 18.1. The van der Waals surface area contributed by atoms with Gasteiger partial charge in [0.25, 0.3) is 5.91 Å². The summed E-state index contributed by atoms with van der Waals surface area (Å²) in [4.78, 5) is 65.4. The van der Waals surface area contributed by atoms with Crippen molar-refractivity contribution in [1.29, 1.82) is 0 Å². The lowest BCUT2D eigenvalue weighted by Crippen LogP contribution is -2.64. The minimum absolute atomic E-state index is 0.0644. The molecule has 11 nitrogen and oxygen atoms in total. The number of benzene rings is 3. The summed E-state index contributed by atoms with van der Waals surface area (Å²) in [6.45, 7) is 2.43. The van der Waals surface area contributed by atoms with Crippen LogP contribution in [0.25, 0.3) is 10.9 Å². The topological polar surface area (TPSA) is 132 Å². The highest BCUT2D eigenvalue weighted by molar-refractivity contribution is 5.97. The smallest absolute Gasteiger partial charge is 0.320 e. The van der Waals surface area contributed by atoms with Gasteiger partial charge in [0.05, 0.1) is 12.1 Å². The van der Waals surface area contributed by atoms with E-state index in [2.05, 4.69) is 17.2 Å². The molecule has 3 heterocycles. The van der Waals surface area contributed by atoms with E-state index in [1.807, 2.05) is 60.7 Å². The number of nitrogens with one attached hydrogen (secondary N) is 1. The summed E-state index contributed by atoms with van der Waals surface area (Å²) < 4.78 is 5.74. The zero-order valence-corrected chi connectivity index (χ0v) is 31.8. The number of unbranched alkanes of at least 4 members (excludes halogenated alkanes) is 8. The zero-order valence-electron chi connectivity index (χ0n) is 31.8. The van der Waals surface area contributed by atoms with Crippen molar-refractivity contribution >= 4 is 34.7 Å². The molecule has 2 aliphatic heterocycles. The van der Waals surface area contributed by atoms with E-state index >= 15 is 0 Å². The molecule has 2 aliphatic rings. The number of ether oxygens (including phenoxy) is 1. The van der Waals surface area contributed by atoms with Crippen molar-refractivity contribution in [1.82, 2.24) is 25.0 Å². The van der Waals surface area contributed by atoms with Crippen molar-refractivity contribution in [3.63, 3.8) is 0 Å². The van der Waals surface area contributed by atoms with Crippen molar-refractivity contribution in [3.05, 3.63) is 108 Å². The number of esters is 1. The number of carbonyl (C=O) groups excluding carboxylic acids is 4. The van der Waals surface area contributed by atoms with Crippen molar-refractivity contribution in [3.8, 4) is 5.75 Å². The van der Waals surface area contributed by atoms with Gasteiger partial charge in [-0.1, -0.05) is 119 Å². The van der Waals surface area contributed by atoms with Crippen LogP contribution in [-0.4, -0.2) is 80.0 Å². The van der Waals surface area contributed by atoms with E-state index in [0.717, 1.165) is 46.9 Å². The lowest BCUT2D eigenvalue weighted by molar-refractivity contribution is -0.154. The minimum Gasteiger partial charge on any atom is -0.508 e. The summed E-state index contributed by atoms with van der Waals surface area (Å²) in [7, 11) is 0. The molecule has 290 valence electrons. The Bertz CT molecular complexity index is 1900. The van der Waals surface area contributed by atoms with Crippen LogP contribution in [0.3, 0.4) is 0 Å². The fourth-order valence-electron chi connectivity index (χ4n) is 7.75. The molecule has 0 radical (unpaired) electrons. The molecule has 2 fully saturated rings. The molecule has 0 spiro atoms. The highest BCUT2D eigenvalue weighted by atomic mass is 16.5. The molecular weight excluding hydrogens is 695 g/mol. The Labute approximate surface area is 323 Å². The van der Waals surface area contributed by atoms with Crippen LogP contribution in [0.2, 0.25) is 0 Å². The molecule has 4 amide bonds. The fraction of sp³-hybridized carbons (Fsp3) is 0.432. The predicted octanol–water partition coefficient (Wildman–Crippen LogP) is 7.11. The first-order chi connectivity index (χ1) is 26.8. The number of phenols is 1. The third-order valence-electron chi connectivity index (χ3n) is 10.7. The summed E-state index contributed by atoms with van der Waals surface area (Å²) in [6.07, 6.45) is 11.4. The molecule has 2 saturated heterocycles. The van der Waals surface area contributed by atoms with Crippen LogP contribution < -0.4 is 5.32 Å². The van der Waals surface area contributed by atoms with Gasteiger partial charge in [-0.15, -0.1) is 0 Å². The van der Waals surface area contributed by atoms with Crippen molar-refractivity contribution in [2.45, 2.75) is 109 Å². The number of nitrogens with zero attached hydrogens (tertiary/aromatic N) is 4. The molecule has 0 saturated carbocycles. The average Bonchev–Trinajstić information content (AvgIpc) is 3.48. The van der Waals surface area contributed by atoms with Gasteiger partial charge < -0.3 is 25.0 Å². The first kappa shape index (κ1) is 39.2. The van der Waals surface area contributed by atoms with Crippen LogP contribution >= 0.6 is 0 Å². The molecule has 0 bridgehead atoms. The number of aromatic hydroxyl groups is 1. The largest absolute Gasteiger partial charge is 0.508 e. The van der Waals surface area contributed by atoms with E-state index in [4.69, 9.17) is 4.74 Å². The van der Waals surface area contributed by atoms with Crippen LogP contribution in [-0.2, 0) is 38.6 Å². The Kier molecular flexibility index (Phi) is 13.7. The number of aromatic nitrogens is 1. The Balaban J connectivity index is 1.22. The van der Waals surface area contributed by atoms with E-state index in [1.165, 1.54) is 41.9 Å². The lowest BCUT2D eigenvalue weighted by atomic mass is 9.99. The number of hydrogen-bond donors (Lipinski definition) is 2. The van der Waals surface area contributed by atoms with E-state index < -0.39 is 36.2 Å². The zero-order chi connectivity index (χ0) is 38.6. The molecule has 1 aromatic heterocycles. The Hall–Kier alpha value is -5.45. The molecule has 3 atom stereocenters. The van der Waals surface area contributed by atoms with Gasteiger partial charge in [-0.2, -0.15) is 0 Å². The molecule has 0 aliphatic carbocycles. The van der Waals surface area contributed by atoms with Gasteiger partial charge in [-0.3, -0.25) is 24.3 Å². The van der Waals surface area contributed by atoms with Gasteiger partial charge in [-0.25, -0.2) is 4.79 Å². The lowest BCUT2D eigenvalue weighted by Gasteiger charge is -2.44. The fourth-order valence-corrected chi connectivity index (χ4v) is 7.75. The number of amides is 4. The third-order valence-corrected chi connectivity index (χ3v) is 10.7. The Morgan fingerprint density at radius 2 is 1.53 bits per heavy atom. The molecule has 2 N–H and O–H groups in total. The summed E-state index contributed by atoms with van der Waals surface area (Å²) in [6, 6.07) is 23.1. The van der Waals surface area contributed by atoms with Crippen LogP contribution in [0.5, 0.6) is 5.75 Å². The highest BCUT2D eigenvalue weighted by Crippen LogP contribution is 2.33. The number of carbonyl (C=O) groups is 4. The molecule has 55 heavy (non-hydrogen) atoms. The molecule has 4 aromatic rings. The van der Waals surface area contributed by atoms with Crippen LogP contribution in [0.15, 0.2) is 91.1 Å². The van der Waals surface area contributed by atoms with Crippen molar-refractivity contribution in [2.75, 3.05) is 13.2 Å². The predicted molar refractivity (Wildman–Crippen MR) is 211 cm³/mol. The van der Waals surface area contributed by atoms with Gasteiger partial charge in [-0.05, 0) is 47.4 Å². The number of hydrogen-bond acceptors (Lipinski definition) is 7. The number of urea groups is 1. The highest BCUT2D eigenvalue weighted by Gasteiger charge is 2.56. The number of rotatable bonds is 18. The first-order valence-corrected chi connectivity index (χ1v) is 19.8. The second-order valence-corrected chi connectivity index (χ2v) is 14.6. The Morgan fingerprint density at radius 3 is 2.27 bits per heavy atom. The summed E-state index contributed by atoms with van der Waals surface area (Å²) in [5.74, 6) is -1.02. The molecule has 6 rings (SSSR count). The molecular formula is C44H53N5O6. The monoisotopic (exact) mass is 747 g/mol. The van der Waals surface area contributed by atoms with Gasteiger partial charge >= 0.3 is 12.0 Å². The van der Waals surface area contributed by atoms with Gasteiger partial charge in [0.15, 0.2) is 0 Å². The average molecular weight is 748 g/mol. The van der Waals surface area contributed by atoms with E-state index in [0.29, 0.717) is 6.42 Å². The van der Waals surface area contributed by atoms with Gasteiger partial charge in [0.1, 0.15) is 30.6 Å². The van der Waals surface area contributed by atoms with Crippen molar-refractivity contribution < 1.29 is 29.0 Å². The van der Waals surface area contributed by atoms with Gasteiger partial charge in [0.2, 0.25) is 5.91 Å². The first-order valence-electron chi connectivity index (χ1n) is 19.8. The number of piperazine rings is 1. The maximum atomic E-state index is 14.5. The maximum absolute atomic E-state index is 14.5. The van der Waals surface area contributed by atoms with Crippen LogP contribution in [0.1, 0.15) is 87.8 Å². The standard InChI is InChI=1S/C44H53N5O6/c1-2-3-4-5-6-7-8-9-13-21-41(51)55-31-39-43(53)48-38(27-32-22-24-35(50)25-23-32)42(52)47(29-34-18-14-20-37-36(34)19-15-26-45-37)30-40(48)49(39)44(54)46-28-33-16-11-10-12-17-33/h10-12,14-20,22-26,38-40,50H,2-9,13,21,27-31H2,1H3,(H,46,54)/t38-,39-,40-/m0/s1. The molecule has 3 aromatic carbocycles.